The molecular formula is C18H27N3O3S. The van der Waals surface area contributed by atoms with E-state index in [2.05, 4.69) is 5.32 Å². The van der Waals surface area contributed by atoms with Crippen LogP contribution in [0.15, 0.2) is 35.2 Å². The van der Waals surface area contributed by atoms with Crippen LogP contribution in [0.4, 0.5) is 0 Å². The topological polar surface area (TPSA) is 69.7 Å². The number of nitrogens with zero attached hydrogens (tertiary/aromatic N) is 2. The number of carbonyl (C=O) groups is 1. The van der Waals surface area contributed by atoms with Crippen molar-refractivity contribution in [3.05, 3.63) is 30.3 Å². The molecule has 6 nitrogen and oxygen atoms in total. The summed E-state index contributed by atoms with van der Waals surface area (Å²) in [6.07, 6.45) is 2.52. The Bertz CT molecular complexity index is 693. The second-order valence-corrected chi connectivity index (χ2v) is 8.95. The van der Waals surface area contributed by atoms with Gasteiger partial charge in [0.1, 0.15) is 0 Å². The zero-order valence-corrected chi connectivity index (χ0v) is 15.5. The number of rotatable bonds is 5. The van der Waals surface area contributed by atoms with Crippen LogP contribution in [-0.4, -0.2) is 63.3 Å². The van der Waals surface area contributed by atoms with Gasteiger partial charge in [-0.1, -0.05) is 18.2 Å². The third-order valence-corrected chi connectivity index (χ3v) is 7.08. The number of benzene rings is 1. The highest BCUT2D eigenvalue weighted by Crippen LogP contribution is 2.26. The molecule has 7 heteroatoms. The number of carbonyl (C=O) groups excluding carboxylic acids is 1. The Balaban J connectivity index is 1.66. The first-order valence-electron chi connectivity index (χ1n) is 9.01. The smallest absolute Gasteiger partial charge is 0.243 e. The summed E-state index contributed by atoms with van der Waals surface area (Å²) in [5.41, 5.74) is 0. The van der Waals surface area contributed by atoms with Gasteiger partial charge < -0.3 is 10.2 Å². The van der Waals surface area contributed by atoms with Crippen molar-refractivity contribution >= 4 is 15.9 Å². The van der Waals surface area contributed by atoms with Crippen LogP contribution in [0.1, 0.15) is 19.3 Å². The van der Waals surface area contributed by atoms with Gasteiger partial charge in [-0.2, -0.15) is 4.31 Å². The maximum atomic E-state index is 12.8. The minimum atomic E-state index is -3.52. The van der Waals surface area contributed by atoms with Gasteiger partial charge in [-0.05, 0) is 50.9 Å². The van der Waals surface area contributed by atoms with E-state index in [1.165, 1.54) is 4.31 Å². The molecule has 2 aliphatic heterocycles. The average Bonchev–Trinajstić information content (AvgIpc) is 3.11. The van der Waals surface area contributed by atoms with Crippen LogP contribution < -0.4 is 5.32 Å². The van der Waals surface area contributed by atoms with E-state index in [1.807, 2.05) is 11.9 Å². The summed E-state index contributed by atoms with van der Waals surface area (Å²) in [6.45, 7) is 3.27. The van der Waals surface area contributed by atoms with Crippen molar-refractivity contribution in [2.24, 2.45) is 11.8 Å². The number of likely N-dealkylation sites (tertiary alicyclic amines) is 1. The number of amides is 1. The van der Waals surface area contributed by atoms with Crippen LogP contribution in [-0.2, 0) is 14.8 Å². The summed E-state index contributed by atoms with van der Waals surface area (Å²) in [5, 5.41) is 3.17. The molecular weight excluding hydrogens is 338 g/mol. The molecule has 1 aromatic rings. The first kappa shape index (κ1) is 18.4. The zero-order valence-electron chi connectivity index (χ0n) is 14.7. The van der Waals surface area contributed by atoms with E-state index in [0.29, 0.717) is 23.9 Å². The van der Waals surface area contributed by atoms with Crippen LogP contribution >= 0.6 is 0 Å². The molecule has 2 fully saturated rings. The summed E-state index contributed by atoms with van der Waals surface area (Å²) in [5.74, 6) is 0.397. The third-order valence-electron chi connectivity index (χ3n) is 5.20. The SMILES string of the molecule is CNCC1CCN(C(=O)C2CCCN(S(=O)(=O)c3ccccc3)C2)C1. The number of sulfonamides is 1. The van der Waals surface area contributed by atoms with E-state index >= 15 is 0 Å². The molecule has 0 spiro atoms. The molecule has 0 aromatic heterocycles. The maximum Gasteiger partial charge on any atom is 0.243 e. The molecule has 0 aliphatic carbocycles. The molecule has 138 valence electrons. The third kappa shape index (κ3) is 4.04. The highest BCUT2D eigenvalue weighted by molar-refractivity contribution is 7.89. The predicted octanol–water partition coefficient (Wildman–Crippen LogP) is 1.16. The van der Waals surface area contributed by atoms with Crippen LogP contribution in [0.2, 0.25) is 0 Å². The summed E-state index contributed by atoms with van der Waals surface area (Å²) >= 11 is 0. The molecule has 2 heterocycles. The fraction of sp³-hybridized carbons (Fsp3) is 0.611. The Labute approximate surface area is 150 Å². The molecule has 2 atom stereocenters. The van der Waals surface area contributed by atoms with Gasteiger partial charge in [-0.3, -0.25) is 4.79 Å². The zero-order chi connectivity index (χ0) is 17.9. The predicted molar refractivity (Wildman–Crippen MR) is 96.5 cm³/mol. The summed E-state index contributed by atoms with van der Waals surface area (Å²) in [4.78, 5) is 15.1. The van der Waals surface area contributed by atoms with Crippen LogP contribution in [0, 0.1) is 11.8 Å². The standard InChI is InChI=1S/C18H27N3O3S/c1-19-12-15-9-11-20(13-15)18(22)16-6-5-10-21(14-16)25(23,24)17-7-3-2-4-8-17/h2-4,7-8,15-16,19H,5-6,9-14H2,1H3. The first-order chi connectivity index (χ1) is 12.0. The number of hydrogen-bond donors (Lipinski definition) is 1. The van der Waals surface area contributed by atoms with E-state index in [-0.39, 0.29) is 11.8 Å². The quantitative estimate of drug-likeness (QED) is 0.850. The van der Waals surface area contributed by atoms with Crippen LogP contribution in [0.5, 0.6) is 0 Å². The Morgan fingerprint density at radius 3 is 2.64 bits per heavy atom. The van der Waals surface area contributed by atoms with Gasteiger partial charge in [-0.15, -0.1) is 0 Å². The molecule has 0 bridgehead atoms. The fourth-order valence-electron chi connectivity index (χ4n) is 3.85. The van der Waals surface area contributed by atoms with Crippen molar-refractivity contribution in [2.75, 3.05) is 39.8 Å². The van der Waals surface area contributed by atoms with Gasteiger partial charge in [0.05, 0.1) is 10.8 Å². The highest BCUT2D eigenvalue weighted by atomic mass is 32.2. The van der Waals surface area contributed by atoms with E-state index in [9.17, 15) is 13.2 Å². The monoisotopic (exact) mass is 365 g/mol. The Kier molecular flexibility index (Phi) is 5.76. The largest absolute Gasteiger partial charge is 0.342 e. The molecule has 2 aliphatic rings. The van der Waals surface area contributed by atoms with Crippen molar-refractivity contribution in [3.8, 4) is 0 Å². The second kappa shape index (κ2) is 7.85. The minimum absolute atomic E-state index is 0.117. The number of nitrogens with one attached hydrogen (secondary N) is 1. The Morgan fingerprint density at radius 2 is 1.92 bits per heavy atom. The molecule has 0 saturated carbocycles. The van der Waals surface area contributed by atoms with Gasteiger partial charge in [0.25, 0.3) is 0 Å². The number of hydrogen-bond acceptors (Lipinski definition) is 4. The summed E-state index contributed by atoms with van der Waals surface area (Å²) < 4.78 is 27.1. The maximum absolute atomic E-state index is 12.8. The molecule has 2 saturated heterocycles. The molecule has 1 aromatic carbocycles. The summed E-state index contributed by atoms with van der Waals surface area (Å²) in [6, 6.07) is 8.49. The highest BCUT2D eigenvalue weighted by Gasteiger charge is 2.36. The van der Waals surface area contributed by atoms with Gasteiger partial charge >= 0.3 is 0 Å². The van der Waals surface area contributed by atoms with Gasteiger partial charge in [0.15, 0.2) is 0 Å². The fourth-order valence-corrected chi connectivity index (χ4v) is 5.40. The van der Waals surface area contributed by atoms with Crippen molar-refractivity contribution < 1.29 is 13.2 Å². The van der Waals surface area contributed by atoms with Gasteiger partial charge in [0, 0.05) is 26.2 Å². The van der Waals surface area contributed by atoms with E-state index < -0.39 is 10.0 Å². The van der Waals surface area contributed by atoms with Crippen LogP contribution in [0.25, 0.3) is 0 Å². The molecule has 3 rings (SSSR count). The molecule has 0 radical (unpaired) electrons. The lowest BCUT2D eigenvalue weighted by molar-refractivity contribution is -0.135. The van der Waals surface area contributed by atoms with Crippen molar-refractivity contribution in [3.63, 3.8) is 0 Å². The molecule has 2 unspecified atom stereocenters. The molecule has 1 N–H and O–H groups in total. The lowest BCUT2D eigenvalue weighted by Crippen LogP contribution is -2.46. The van der Waals surface area contributed by atoms with Crippen molar-refractivity contribution in [2.45, 2.75) is 24.2 Å². The van der Waals surface area contributed by atoms with Crippen molar-refractivity contribution in [1.82, 2.24) is 14.5 Å². The number of piperidine rings is 1. The van der Waals surface area contributed by atoms with Gasteiger partial charge in [-0.25, -0.2) is 8.42 Å². The summed E-state index contributed by atoms with van der Waals surface area (Å²) in [7, 11) is -1.59. The minimum Gasteiger partial charge on any atom is -0.342 e. The Hall–Kier alpha value is -1.44. The lowest BCUT2D eigenvalue weighted by Gasteiger charge is -2.33. The lowest BCUT2D eigenvalue weighted by atomic mass is 9.98. The first-order valence-corrected chi connectivity index (χ1v) is 10.4. The van der Waals surface area contributed by atoms with Gasteiger partial charge in [0.2, 0.25) is 15.9 Å². The molecule has 1 amide bonds. The van der Waals surface area contributed by atoms with Crippen molar-refractivity contribution in [1.29, 1.82) is 0 Å². The molecule has 25 heavy (non-hydrogen) atoms. The second-order valence-electron chi connectivity index (χ2n) is 7.01. The Morgan fingerprint density at radius 1 is 1.16 bits per heavy atom. The average molecular weight is 365 g/mol. The van der Waals surface area contributed by atoms with E-state index in [4.69, 9.17) is 0 Å². The van der Waals surface area contributed by atoms with E-state index in [1.54, 1.807) is 30.3 Å². The van der Waals surface area contributed by atoms with E-state index in [0.717, 1.165) is 38.9 Å². The normalized spacial score (nSPS) is 25.2. The van der Waals surface area contributed by atoms with Crippen LogP contribution in [0.3, 0.4) is 0 Å².